The molecule has 2 atom stereocenters. The summed E-state index contributed by atoms with van der Waals surface area (Å²) in [5, 5.41) is 12.8. The third kappa shape index (κ3) is 2.56. The van der Waals surface area contributed by atoms with Gasteiger partial charge in [-0.15, -0.1) is 0 Å². The van der Waals surface area contributed by atoms with Gasteiger partial charge in [-0.2, -0.15) is 0 Å². The second kappa shape index (κ2) is 5.76. The lowest BCUT2D eigenvalue weighted by atomic mass is 9.99. The maximum Gasteiger partial charge on any atom is 0.325 e. The highest BCUT2D eigenvalue weighted by atomic mass is 19.1. The van der Waals surface area contributed by atoms with Gasteiger partial charge in [-0.1, -0.05) is 18.2 Å². The first-order valence-electron chi connectivity index (χ1n) is 7.46. The number of aliphatic hydroxyl groups excluding tert-OH is 1. The van der Waals surface area contributed by atoms with Crippen LogP contribution in [0.2, 0.25) is 0 Å². The number of aliphatic hydroxyl groups is 1. The summed E-state index contributed by atoms with van der Waals surface area (Å²) in [5.41, 5.74) is -1.32. The molecule has 3 amide bonds. The lowest BCUT2D eigenvalue weighted by Crippen LogP contribution is -2.41. The molecule has 1 fully saturated rings. The number of halogens is 1. The fraction of sp³-hybridized carbons (Fsp3) is 0.294. The second-order valence-electron chi connectivity index (χ2n) is 5.92. The summed E-state index contributed by atoms with van der Waals surface area (Å²) in [6.07, 6.45) is -1.32. The first-order chi connectivity index (χ1) is 11.3. The van der Waals surface area contributed by atoms with E-state index in [1.54, 1.807) is 25.1 Å². The van der Waals surface area contributed by atoms with Crippen LogP contribution >= 0.6 is 0 Å². The molecule has 0 spiro atoms. The van der Waals surface area contributed by atoms with Crippen molar-refractivity contribution in [1.82, 2.24) is 10.2 Å². The zero-order chi connectivity index (χ0) is 17.5. The summed E-state index contributed by atoms with van der Waals surface area (Å²) in [5.74, 6) is -0.238. The van der Waals surface area contributed by atoms with Crippen molar-refractivity contribution in [1.29, 1.82) is 0 Å². The molecule has 3 rings (SSSR count). The third-order valence-electron chi connectivity index (χ3n) is 4.13. The van der Waals surface area contributed by atoms with Crippen LogP contribution in [0.1, 0.15) is 30.1 Å². The molecule has 1 aromatic carbocycles. The number of urea groups is 1. The Morgan fingerprint density at radius 1 is 1.29 bits per heavy atom. The fourth-order valence-electron chi connectivity index (χ4n) is 2.75. The van der Waals surface area contributed by atoms with Crippen LogP contribution in [0.5, 0.6) is 0 Å². The van der Waals surface area contributed by atoms with Gasteiger partial charge in [0.25, 0.3) is 5.91 Å². The van der Waals surface area contributed by atoms with E-state index in [0.29, 0.717) is 11.5 Å². The fourth-order valence-corrected chi connectivity index (χ4v) is 2.75. The molecule has 126 valence electrons. The van der Waals surface area contributed by atoms with Gasteiger partial charge in [-0.25, -0.2) is 9.18 Å². The molecule has 1 aromatic heterocycles. The molecular formula is C17H17FN2O4. The molecule has 6 nitrogen and oxygen atoms in total. The van der Waals surface area contributed by atoms with E-state index in [4.69, 9.17) is 4.42 Å². The molecule has 2 unspecified atom stereocenters. The van der Waals surface area contributed by atoms with Crippen molar-refractivity contribution in [3.8, 4) is 0 Å². The summed E-state index contributed by atoms with van der Waals surface area (Å²) < 4.78 is 19.2. The number of β-amino-alcohol motifs (C(OH)–C–C–N with tert-alkyl or cyclic N) is 1. The standard InChI is InChI=1S/C17H17FN2O4/c1-10-7-8-14(24-10)17(2)15(22)20(16(23)19-17)9-13(21)11-5-3-4-6-12(11)18/h3-8,13,21H,9H2,1-2H3,(H,19,23). The van der Waals surface area contributed by atoms with Crippen molar-refractivity contribution in [2.24, 2.45) is 0 Å². The number of hydrogen-bond acceptors (Lipinski definition) is 4. The predicted molar refractivity (Wildman–Crippen MR) is 82.4 cm³/mol. The smallest absolute Gasteiger partial charge is 0.325 e. The topological polar surface area (TPSA) is 82.8 Å². The summed E-state index contributed by atoms with van der Waals surface area (Å²) in [7, 11) is 0. The average Bonchev–Trinajstić information content (AvgIpc) is 3.06. The number of benzene rings is 1. The maximum atomic E-state index is 13.7. The monoisotopic (exact) mass is 332 g/mol. The van der Waals surface area contributed by atoms with Crippen molar-refractivity contribution >= 4 is 11.9 Å². The minimum atomic E-state index is -1.35. The quantitative estimate of drug-likeness (QED) is 0.841. The number of aryl methyl sites for hydroxylation is 1. The number of imide groups is 1. The van der Waals surface area contributed by atoms with Crippen LogP contribution in [0, 0.1) is 12.7 Å². The predicted octanol–water partition coefficient (Wildman–Crippen LogP) is 2.23. The summed E-state index contributed by atoms with van der Waals surface area (Å²) >= 11 is 0. The van der Waals surface area contributed by atoms with Gasteiger partial charge in [-0.05, 0) is 32.0 Å². The summed E-state index contributed by atoms with van der Waals surface area (Å²) in [6.45, 7) is 2.91. The van der Waals surface area contributed by atoms with E-state index < -0.39 is 29.4 Å². The van der Waals surface area contributed by atoms with E-state index in [-0.39, 0.29) is 12.1 Å². The van der Waals surface area contributed by atoms with Gasteiger partial charge in [0.15, 0.2) is 5.54 Å². The Morgan fingerprint density at radius 3 is 2.62 bits per heavy atom. The maximum absolute atomic E-state index is 13.7. The third-order valence-corrected chi connectivity index (χ3v) is 4.13. The van der Waals surface area contributed by atoms with Gasteiger partial charge >= 0.3 is 6.03 Å². The second-order valence-corrected chi connectivity index (χ2v) is 5.92. The minimum absolute atomic E-state index is 0.0283. The molecule has 2 heterocycles. The SMILES string of the molecule is Cc1ccc(C2(C)NC(=O)N(CC(O)c3ccccc3F)C2=O)o1. The van der Waals surface area contributed by atoms with E-state index >= 15 is 0 Å². The van der Waals surface area contributed by atoms with Crippen LogP contribution in [-0.4, -0.2) is 28.5 Å². The first kappa shape index (κ1) is 16.2. The molecule has 1 aliphatic rings. The number of carbonyl (C=O) groups is 2. The Bertz CT molecular complexity index is 803. The molecule has 1 saturated heterocycles. The van der Waals surface area contributed by atoms with E-state index in [9.17, 15) is 19.1 Å². The van der Waals surface area contributed by atoms with Crippen LogP contribution < -0.4 is 5.32 Å². The molecule has 0 aliphatic carbocycles. The van der Waals surface area contributed by atoms with E-state index in [0.717, 1.165) is 4.90 Å². The van der Waals surface area contributed by atoms with Gasteiger partial charge in [-0.3, -0.25) is 9.69 Å². The largest absolute Gasteiger partial charge is 0.463 e. The molecule has 7 heteroatoms. The Balaban J connectivity index is 1.84. The normalized spacial score (nSPS) is 21.9. The molecule has 24 heavy (non-hydrogen) atoms. The van der Waals surface area contributed by atoms with Crippen molar-refractivity contribution in [2.75, 3.05) is 6.54 Å². The van der Waals surface area contributed by atoms with Crippen LogP contribution in [0.25, 0.3) is 0 Å². The lowest BCUT2D eigenvalue weighted by molar-refractivity contribution is -0.132. The van der Waals surface area contributed by atoms with Gasteiger partial charge in [0.2, 0.25) is 0 Å². The van der Waals surface area contributed by atoms with E-state index in [1.165, 1.54) is 25.1 Å². The number of amides is 3. The van der Waals surface area contributed by atoms with Gasteiger partial charge < -0.3 is 14.8 Å². The van der Waals surface area contributed by atoms with Crippen molar-refractivity contribution in [3.05, 3.63) is 59.3 Å². The molecule has 1 aliphatic heterocycles. The Hall–Kier alpha value is -2.67. The van der Waals surface area contributed by atoms with Gasteiger partial charge in [0.1, 0.15) is 17.3 Å². The number of nitrogens with one attached hydrogen (secondary N) is 1. The highest BCUT2D eigenvalue weighted by Gasteiger charge is 2.51. The van der Waals surface area contributed by atoms with Crippen LogP contribution in [0.4, 0.5) is 9.18 Å². The summed E-state index contributed by atoms with van der Waals surface area (Å²) in [4.78, 5) is 25.7. The Morgan fingerprint density at radius 2 is 2.00 bits per heavy atom. The number of nitrogens with zero attached hydrogens (tertiary/aromatic N) is 1. The zero-order valence-corrected chi connectivity index (χ0v) is 13.2. The molecule has 0 radical (unpaired) electrons. The van der Waals surface area contributed by atoms with Crippen LogP contribution in [-0.2, 0) is 10.3 Å². The molecule has 2 N–H and O–H groups in total. The van der Waals surface area contributed by atoms with Crippen molar-refractivity contribution in [2.45, 2.75) is 25.5 Å². The Kier molecular flexibility index (Phi) is 3.88. The Labute approximate surface area is 137 Å². The van der Waals surface area contributed by atoms with Crippen molar-refractivity contribution in [3.63, 3.8) is 0 Å². The highest BCUT2D eigenvalue weighted by Crippen LogP contribution is 2.31. The number of rotatable bonds is 4. The first-order valence-corrected chi connectivity index (χ1v) is 7.46. The summed E-state index contributed by atoms with van der Waals surface area (Å²) in [6, 6.07) is 8.33. The number of furan rings is 1. The van der Waals surface area contributed by atoms with E-state index in [1.807, 2.05) is 0 Å². The van der Waals surface area contributed by atoms with Crippen LogP contribution in [0.15, 0.2) is 40.8 Å². The number of hydrogen-bond donors (Lipinski definition) is 2. The average molecular weight is 332 g/mol. The van der Waals surface area contributed by atoms with Gasteiger partial charge in [0.05, 0.1) is 12.6 Å². The van der Waals surface area contributed by atoms with Crippen LogP contribution in [0.3, 0.4) is 0 Å². The minimum Gasteiger partial charge on any atom is -0.463 e. The lowest BCUT2D eigenvalue weighted by Gasteiger charge is -2.21. The molecular weight excluding hydrogens is 315 g/mol. The molecule has 0 saturated carbocycles. The van der Waals surface area contributed by atoms with Gasteiger partial charge in [0, 0.05) is 5.56 Å². The molecule has 2 aromatic rings. The number of carbonyl (C=O) groups excluding carboxylic acids is 2. The highest BCUT2D eigenvalue weighted by molar-refractivity contribution is 6.06. The zero-order valence-electron chi connectivity index (χ0n) is 13.2. The molecule has 0 bridgehead atoms. The van der Waals surface area contributed by atoms with Crippen molar-refractivity contribution < 1.29 is 23.5 Å². The van der Waals surface area contributed by atoms with E-state index in [2.05, 4.69) is 5.32 Å².